The Morgan fingerprint density at radius 1 is 1.43 bits per heavy atom. The molecule has 82 valence electrons. The molecule has 6 nitrogen and oxygen atoms in total. The highest BCUT2D eigenvalue weighted by atomic mass is 16.7. The third kappa shape index (κ3) is 6.24. The van der Waals surface area contributed by atoms with Gasteiger partial charge >= 0.3 is 12.1 Å². The number of hydrogen-bond acceptors (Lipinski definition) is 5. The third-order valence-electron chi connectivity index (χ3n) is 1.42. The monoisotopic (exact) mass is 205 g/mol. The highest BCUT2D eigenvalue weighted by Crippen LogP contribution is 1.92. The van der Waals surface area contributed by atoms with E-state index in [1.54, 1.807) is 0 Å². The van der Waals surface area contributed by atoms with Gasteiger partial charge in [-0.1, -0.05) is 13.3 Å². The molecule has 6 heteroatoms. The summed E-state index contributed by atoms with van der Waals surface area (Å²) < 4.78 is 9.05. The maximum absolute atomic E-state index is 10.8. The number of hydrogen-bond donors (Lipinski definition) is 2. The van der Waals surface area contributed by atoms with Crippen LogP contribution in [0.15, 0.2) is 0 Å². The quantitative estimate of drug-likeness (QED) is 0.479. The van der Waals surface area contributed by atoms with Crippen LogP contribution in [0.3, 0.4) is 0 Å². The average Bonchev–Trinajstić information content (AvgIpc) is 2.14. The van der Waals surface area contributed by atoms with Crippen molar-refractivity contribution < 1.29 is 24.2 Å². The Morgan fingerprint density at radius 2 is 2.07 bits per heavy atom. The van der Waals surface area contributed by atoms with Gasteiger partial charge in [0.25, 0.3) is 0 Å². The molecule has 0 radical (unpaired) electrons. The van der Waals surface area contributed by atoms with Crippen LogP contribution in [0.5, 0.6) is 0 Å². The van der Waals surface area contributed by atoms with Gasteiger partial charge in [-0.15, -0.1) is 0 Å². The molecule has 0 unspecified atom stereocenters. The maximum Gasteiger partial charge on any atom is 0.508 e. The molecular formula is C8H15NO5. The number of aliphatic carboxylic acids is 1. The second kappa shape index (κ2) is 7.14. The number of unbranched alkanes of at least 4 members (excludes halogenated alkanes) is 1. The van der Waals surface area contributed by atoms with Crippen LogP contribution in [-0.4, -0.2) is 36.5 Å². The summed E-state index contributed by atoms with van der Waals surface area (Å²) in [6.07, 6.45) is 0.775. The number of nitrogens with two attached hydrogens (primary N) is 1. The van der Waals surface area contributed by atoms with E-state index in [4.69, 9.17) is 10.8 Å². The minimum Gasteiger partial charge on any atom is -0.480 e. The summed E-state index contributed by atoms with van der Waals surface area (Å²) in [4.78, 5) is 21.0. The molecule has 0 saturated heterocycles. The first-order valence-corrected chi connectivity index (χ1v) is 4.35. The molecule has 0 aliphatic carbocycles. The molecule has 0 heterocycles. The predicted octanol–water partition coefficient (Wildman–Crippen LogP) is 0.352. The number of carbonyl (C=O) groups is 2. The topological polar surface area (TPSA) is 98.9 Å². The number of ether oxygens (including phenoxy) is 2. The Morgan fingerprint density at radius 3 is 2.57 bits per heavy atom. The zero-order valence-electron chi connectivity index (χ0n) is 8.06. The van der Waals surface area contributed by atoms with E-state index in [0.29, 0.717) is 0 Å². The van der Waals surface area contributed by atoms with Gasteiger partial charge in [0, 0.05) is 0 Å². The van der Waals surface area contributed by atoms with Gasteiger partial charge < -0.3 is 20.3 Å². The van der Waals surface area contributed by atoms with Crippen molar-refractivity contribution in [1.29, 1.82) is 0 Å². The van der Waals surface area contributed by atoms with Crippen LogP contribution in [0, 0.1) is 0 Å². The second-order valence-electron chi connectivity index (χ2n) is 2.71. The molecule has 0 aromatic rings. The molecule has 0 rings (SSSR count). The highest BCUT2D eigenvalue weighted by molar-refractivity contribution is 5.73. The van der Waals surface area contributed by atoms with Crippen molar-refractivity contribution in [2.45, 2.75) is 25.8 Å². The van der Waals surface area contributed by atoms with E-state index in [1.807, 2.05) is 6.92 Å². The van der Waals surface area contributed by atoms with Crippen LogP contribution >= 0.6 is 0 Å². The minimum absolute atomic E-state index is 0.275. The summed E-state index contributed by atoms with van der Waals surface area (Å²) in [5.41, 5.74) is 5.09. The van der Waals surface area contributed by atoms with Crippen molar-refractivity contribution in [3.63, 3.8) is 0 Å². The normalized spacial score (nSPS) is 11.9. The lowest BCUT2D eigenvalue weighted by atomic mass is 10.3. The summed E-state index contributed by atoms with van der Waals surface area (Å²) >= 11 is 0. The molecule has 0 spiro atoms. The van der Waals surface area contributed by atoms with Crippen LogP contribution in [0.4, 0.5) is 4.79 Å². The van der Waals surface area contributed by atoms with Crippen LogP contribution in [0.2, 0.25) is 0 Å². The molecule has 14 heavy (non-hydrogen) atoms. The first-order valence-electron chi connectivity index (χ1n) is 4.35. The number of carboxylic acid groups (broad SMARTS) is 1. The smallest absolute Gasteiger partial charge is 0.480 e. The van der Waals surface area contributed by atoms with E-state index >= 15 is 0 Å². The molecule has 0 aliphatic heterocycles. The molecule has 0 bridgehead atoms. The molecular weight excluding hydrogens is 190 g/mol. The summed E-state index contributed by atoms with van der Waals surface area (Å²) in [5.74, 6) is -1.22. The molecule has 0 aromatic carbocycles. The fourth-order valence-corrected chi connectivity index (χ4v) is 0.571. The Kier molecular flexibility index (Phi) is 6.47. The van der Waals surface area contributed by atoms with Gasteiger partial charge in [-0.25, -0.2) is 4.79 Å². The fourth-order valence-electron chi connectivity index (χ4n) is 0.571. The Hall–Kier alpha value is -1.30. The van der Waals surface area contributed by atoms with E-state index < -0.39 is 18.2 Å². The summed E-state index contributed by atoms with van der Waals surface area (Å²) in [7, 11) is 0. The van der Waals surface area contributed by atoms with Crippen LogP contribution in [0.25, 0.3) is 0 Å². The lowest BCUT2D eigenvalue weighted by Gasteiger charge is -2.07. The minimum atomic E-state index is -1.22. The maximum atomic E-state index is 10.8. The largest absolute Gasteiger partial charge is 0.508 e. The van der Waals surface area contributed by atoms with Gasteiger partial charge in [0.1, 0.15) is 12.6 Å². The summed E-state index contributed by atoms with van der Waals surface area (Å²) in [6, 6.07) is -1.20. The van der Waals surface area contributed by atoms with E-state index in [1.165, 1.54) is 0 Å². The van der Waals surface area contributed by atoms with Crippen LogP contribution < -0.4 is 5.73 Å². The Balaban J connectivity index is 3.48. The third-order valence-corrected chi connectivity index (χ3v) is 1.42. The van der Waals surface area contributed by atoms with E-state index in [2.05, 4.69) is 9.47 Å². The van der Waals surface area contributed by atoms with E-state index in [9.17, 15) is 9.59 Å². The van der Waals surface area contributed by atoms with Crippen molar-refractivity contribution in [2.24, 2.45) is 5.73 Å². The first kappa shape index (κ1) is 12.7. The zero-order valence-corrected chi connectivity index (χ0v) is 8.06. The lowest BCUT2D eigenvalue weighted by Crippen LogP contribution is -2.35. The molecule has 0 aromatic heterocycles. The molecule has 0 saturated carbocycles. The molecule has 1 atom stereocenters. The lowest BCUT2D eigenvalue weighted by molar-refractivity contribution is -0.139. The van der Waals surface area contributed by atoms with Crippen LogP contribution in [0.1, 0.15) is 19.8 Å². The second-order valence-corrected chi connectivity index (χ2v) is 2.71. The number of carbonyl (C=O) groups excluding carboxylic acids is 1. The van der Waals surface area contributed by atoms with Crippen molar-refractivity contribution in [1.82, 2.24) is 0 Å². The van der Waals surface area contributed by atoms with Gasteiger partial charge in [-0.05, 0) is 6.42 Å². The number of carboxylic acids is 1. The summed E-state index contributed by atoms with van der Waals surface area (Å²) in [6.45, 7) is 1.85. The van der Waals surface area contributed by atoms with E-state index in [0.717, 1.165) is 12.8 Å². The Labute approximate surface area is 82.0 Å². The van der Waals surface area contributed by atoms with Gasteiger partial charge in [-0.3, -0.25) is 4.79 Å². The molecule has 0 fully saturated rings. The van der Waals surface area contributed by atoms with Gasteiger partial charge in [-0.2, -0.15) is 0 Å². The summed E-state index contributed by atoms with van der Waals surface area (Å²) in [5, 5.41) is 8.35. The van der Waals surface area contributed by atoms with E-state index in [-0.39, 0.29) is 13.2 Å². The Bertz CT molecular complexity index is 194. The van der Waals surface area contributed by atoms with Gasteiger partial charge in [0.05, 0.1) is 6.61 Å². The van der Waals surface area contributed by atoms with Gasteiger partial charge in [0.15, 0.2) is 0 Å². The number of rotatable bonds is 6. The van der Waals surface area contributed by atoms with Crippen LogP contribution in [-0.2, 0) is 14.3 Å². The molecule has 0 aliphatic rings. The standard InChI is InChI=1S/C8H15NO5/c1-2-3-4-13-8(12)14-5-6(9)7(10)11/h6H,2-5,9H2,1H3,(H,10,11)/t6-/m0/s1. The molecule has 0 amide bonds. The predicted molar refractivity (Wildman–Crippen MR) is 47.8 cm³/mol. The van der Waals surface area contributed by atoms with Crippen molar-refractivity contribution in [2.75, 3.05) is 13.2 Å². The SMILES string of the molecule is CCCCOC(=O)OC[C@H](N)C(=O)O. The van der Waals surface area contributed by atoms with Crippen molar-refractivity contribution in [3.8, 4) is 0 Å². The average molecular weight is 205 g/mol. The van der Waals surface area contributed by atoms with Crippen molar-refractivity contribution >= 4 is 12.1 Å². The first-order chi connectivity index (χ1) is 6.57. The van der Waals surface area contributed by atoms with Crippen molar-refractivity contribution in [3.05, 3.63) is 0 Å². The van der Waals surface area contributed by atoms with Gasteiger partial charge in [0.2, 0.25) is 0 Å². The zero-order chi connectivity index (χ0) is 11.0. The fraction of sp³-hybridized carbons (Fsp3) is 0.750. The highest BCUT2D eigenvalue weighted by Gasteiger charge is 2.14. The molecule has 3 N–H and O–H groups in total.